The molecular weight excluding hydrogens is 401 g/mol. The Labute approximate surface area is 116 Å². The van der Waals surface area contributed by atoms with Crippen LogP contribution in [0.4, 0.5) is 57.1 Å². The summed E-state index contributed by atoms with van der Waals surface area (Å²) >= 11 is 0. The summed E-state index contributed by atoms with van der Waals surface area (Å²) in [5.74, 6) is -32.5. The van der Waals surface area contributed by atoms with Gasteiger partial charge in [-0.3, -0.25) is 4.55 Å². The summed E-state index contributed by atoms with van der Waals surface area (Å²) in [7, 11) is -7.61. The van der Waals surface area contributed by atoms with Gasteiger partial charge in [0, 0.05) is 0 Å². The van der Waals surface area contributed by atoms with E-state index in [0.29, 0.717) is 0 Å². The van der Waals surface area contributed by atoms with Crippen LogP contribution in [0.3, 0.4) is 0 Å². The smallest absolute Gasteiger partial charge is 0.281 e. The summed E-state index contributed by atoms with van der Waals surface area (Å²) in [4.78, 5) is 0. The standard InChI is InChI=1S/C6HF13O3S/c7-1(8,3(11,12)5(15,16)17)2(9,10)4(13,14)6(18,19)23(20,21)22/h(H,20,21,22)/i20+2. The molecule has 1 N–H and O–H groups in total. The van der Waals surface area contributed by atoms with Gasteiger partial charge in [0.2, 0.25) is 0 Å². The molecule has 0 aliphatic rings. The van der Waals surface area contributed by atoms with Gasteiger partial charge in [-0.05, 0) is 0 Å². The highest BCUT2D eigenvalue weighted by Gasteiger charge is 2.92. The molecule has 0 radical (unpaired) electrons. The van der Waals surface area contributed by atoms with Gasteiger partial charge in [-0.1, -0.05) is 0 Å². The third kappa shape index (κ3) is 2.70. The average molecular weight is 402 g/mol. The van der Waals surface area contributed by atoms with Crippen molar-refractivity contribution in [2.75, 3.05) is 0 Å². The van der Waals surface area contributed by atoms with Gasteiger partial charge >= 0.3 is 45.2 Å². The number of rotatable bonds is 5. The Kier molecular flexibility index (Phi) is 4.78. The molecule has 140 valence electrons. The van der Waals surface area contributed by atoms with Gasteiger partial charge < -0.3 is 0 Å². The summed E-state index contributed by atoms with van der Waals surface area (Å²) in [5.41, 5.74) is 0. The van der Waals surface area contributed by atoms with E-state index in [9.17, 15) is 65.5 Å². The second-order valence-corrected chi connectivity index (χ2v) is 5.25. The van der Waals surface area contributed by atoms with Crippen LogP contribution in [0.1, 0.15) is 0 Å². The van der Waals surface area contributed by atoms with Crippen molar-refractivity contribution in [3.8, 4) is 0 Å². The Hall–Kier alpha value is -1.00. The largest absolute Gasteiger partial charge is 0.460 e. The lowest BCUT2D eigenvalue weighted by Crippen LogP contribution is -2.71. The molecule has 17 heteroatoms. The van der Waals surface area contributed by atoms with Gasteiger partial charge in [-0.25, -0.2) is 0 Å². The lowest BCUT2D eigenvalue weighted by atomic mass is 9.98. The predicted octanol–water partition coefficient (Wildman–Crippen LogP) is 3.57. The minimum Gasteiger partial charge on any atom is -0.281 e. The highest BCUT2D eigenvalue weighted by molar-refractivity contribution is 7.87. The van der Waals surface area contributed by atoms with Crippen molar-refractivity contribution in [3.05, 3.63) is 0 Å². The van der Waals surface area contributed by atoms with Gasteiger partial charge in [0.05, 0.1) is 0 Å². The molecule has 0 saturated carbocycles. The molecule has 1 atom stereocenters. The molecule has 0 saturated heterocycles. The molecular formula is C6HF13O3S. The van der Waals surface area contributed by atoms with Gasteiger partial charge in [-0.2, -0.15) is 65.5 Å². The lowest BCUT2D eigenvalue weighted by Gasteiger charge is -2.38. The molecule has 3 nitrogen and oxygen atoms in total. The Morgan fingerprint density at radius 2 is 0.870 bits per heavy atom. The molecule has 0 aromatic carbocycles. The normalized spacial score (nSPS) is 18.7. The fraction of sp³-hybridized carbons (Fsp3) is 1.00. The van der Waals surface area contributed by atoms with Crippen molar-refractivity contribution >= 4 is 10.1 Å². The van der Waals surface area contributed by atoms with Crippen LogP contribution in [-0.2, 0) is 10.1 Å². The zero-order valence-electron chi connectivity index (χ0n) is 9.59. The molecule has 1 unspecified atom stereocenters. The van der Waals surface area contributed by atoms with Crippen molar-refractivity contribution in [1.82, 2.24) is 0 Å². The van der Waals surface area contributed by atoms with E-state index in [4.69, 9.17) is 4.55 Å². The maximum Gasteiger partial charge on any atom is 0.460 e. The van der Waals surface area contributed by atoms with Crippen LogP contribution in [0.5, 0.6) is 0 Å². The van der Waals surface area contributed by atoms with E-state index < -0.39 is 45.2 Å². The summed E-state index contributed by atoms with van der Waals surface area (Å²) in [6, 6.07) is 0. The minimum absolute atomic E-state index is 7.52. The van der Waals surface area contributed by atoms with E-state index >= 15 is 0 Å². The van der Waals surface area contributed by atoms with Crippen molar-refractivity contribution in [1.29, 1.82) is 0 Å². The van der Waals surface area contributed by atoms with Crippen LogP contribution in [0.2, 0.25) is 0 Å². The lowest BCUT2D eigenvalue weighted by molar-refractivity contribution is -0.433. The molecule has 0 amide bonds. The van der Waals surface area contributed by atoms with E-state index in [2.05, 4.69) is 0 Å². The van der Waals surface area contributed by atoms with Gasteiger partial charge in [0.1, 0.15) is 0 Å². The summed E-state index contributed by atoms with van der Waals surface area (Å²) in [5, 5.41) is -7.52. The zero-order valence-corrected chi connectivity index (χ0v) is 10.4. The molecule has 0 rings (SSSR count). The fourth-order valence-electron chi connectivity index (χ4n) is 0.917. The SMILES string of the molecule is O=S(O)(=[18O])C(F)(F)C(F)(F)C(F)(F)C(F)(F)C(F)(F)C(F)(F)F. The molecule has 0 aliphatic carbocycles. The van der Waals surface area contributed by atoms with Crippen LogP contribution in [0.25, 0.3) is 0 Å². The number of halogens is 13. The van der Waals surface area contributed by atoms with E-state index in [1.165, 1.54) is 0 Å². The first-order valence-electron chi connectivity index (χ1n) is 4.43. The van der Waals surface area contributed by atoms with E-state index in [1.807, 2.05) is 0 Å². The molecule has 0 fully saturated rings. The third-order valence-corrected chi connectivity index (χ3v) is 3.13. The van der Waals surface area contributed by atoms with Crippen LogP contribution < -0.4 is 0 Å². The molecule has 0 aliphatic heterocycles. The molecule has 23 heavy (non-hydrogen) atoms. The van der Waals surface area contributed by atoms with Crippen LogP contribution >= 0.6 is 0 Å². The van der Waals surface area contributed by atoms with Crippen molar-refractivity contribution in [3.63, 3.8) is 0 Å². The average Bonchev–Trinajstić information content (AvgIpc) is 2.24. The Morgan fingerprint density at radius 3 is 1.09 bits per heavy atom. The summed E-state index contributed by atoms with van der Waals surface area (Å²) in [6.07, 6.45) is -7.59. The highest BCUT2D eigenvalue weighted by atomic mass is 32.2. The maximum atomic E-state index is 12.7. The number of hydrogen-bond donors (Lipinski definition) is 1. The van der Waals surface area contributed by atoms with Gasteiger partial charge in [0.15, 0.2) is 0 Å². The van der Waals surface area contributed by atoms with Crippen molar-refractivity contribution in [2.45, 2.75) is 35.1 Å². The minimum atomic E-state index is -8.25. The molecule has 0 heterocycles. The van der Waals surface area contributed by atoms with Crippen LogP contribution in [0.15, 0.2) is 0 Å². The van der Waals surface area contributed by atoms with Crippen LogP contribution in [0, 0.1) is 0 Å². The van der Waals surface area contributed by atoms with E-state index in [1.54, 1.807) is 0 Å². The second kappa shape index (κ2) is 5.00. The summed E-state index contributed by atoms with van der Waals surface area (Å²) < 4.78 is 188. The Bertz CT molecular complexity index is 559. The monoisotopic (exact) mass is 402 g/mol. The quantitative estimate of drug-likeness (QED) is 0.435. The molecule has 0 bridgehead atoms. The second-order valence-electron chi connectivity index (χ2n) is 3.79. The topological polar surface area (TPSA) is 54.4 Å². The first-order chi connectivity index (χ1) is 9.50. The van der Waals surface area contributed by atoms with Crippen LogP contribution in [-0.4, -0.2) is 48.1 Å². The maximum absolute atomic E-state index is 12.7. The Morgan fingerprint density at radius 1 is 0.609 bits per heavy atom. The Balaban J connectivity index is 6.48. The van der Waals surface area contributed by atoms with E-state index in [-0.39, 0.29) is 0 Å². The molecule has 0 aromatic heterocycles. The fourth-order valence-corrected chi connectivity index (χ4v) is 1.37. The highest BCUT2D eigenvalue weighted by Crippen LogP contribution is 2.60. The van der Waals surface area contributed by atoms with Crippen molar-refractivity contribution in [2.24, 2.45) is 0 Å². The third-order valence-electron chi connectivity index (χ3n) is 2.23. The molecule has 0 aromatic rings. The van der Waals surface area contributed by atoms with Gasteiger partial charge in [0.25, 0.3) is 0 Å². The first-order valence-corrected chi connectivity index (χ1v) is 5.87. The number of alkyl halides is 13. The number of hydrogen-bond acceptors (Lipinski definition) is 2. The van der Waals surface area contributed by atoms with Crippen molar-refractivity contribution < 1.29 is 70.0 Å². The first kappa shape index (κ1) is 22.0. The zero-order chi connectivity index (χ0) is 19.5. The predicted molar refractivity (Wildman–Crippen MR) is 42.3 cm³/mol. The molecule has 0 spiro atoms. The summed E-state index contributed by atoms with van der Waals surface area (Å²) in [6.45, 7) is 0. The van der Waals surface area contributed by atoms with E-state index in [0.717, 1.165) is 0 Å². The van der Waals surface area contributed by atoms with Gasteiger partial charge in [-0.15, -0.1) is 0 Å².